The van der Waals surface area contributed by atoms with Crippen LogP contribution in [0.4, 0.5) is 0 Å². The van der Waals surface area contributed by atoms with Gasteiger partial charge in [0, 0.05) is 18.2 Å². The van der Waals surface area contributed by atoms with Gasteiger partial charge in [-0.1, -0.05) is 0 Å². The summed E-state index contributed by atoms with van der Waals surface area (Å²) in [4.78, 5) is 0. The number of phenolic OH excluding ortho intramolecular Hbond substituents is 1. The van der Waals surface area contributed by atoms with Gasteiger partial charge in [0.15, 0.2) is 11.5 Å². The Bertz CT molecular complexity index is 1040. The minimum atomic E-state index is -1.67. The SMILES string of the molecule is COc1ccc(C2=C(O[C@@H]3O[C@H](CO)[C@@H](O)[C@H](O)[C@H]3O)C=C3C(O)=CC(O)=CC3[OH+]2)cc1O. The molecule has 0 amide bonds. The molecule has 1 unspecified atom stereocenters. The number of ether oxygens (including phenoxy) is 4. The van der Waals surface area contributed by atoms with Gasteiger partial charge in [0.25, 0.3) is 0 Å². The quantitative estimate of drug-likeness (QED) is 0.283. The molecule has 0 saturated carbocycles. The molecule has 0 radical (unpaired) electrons. The molecule has 1 aliphatic carbocycles. The van der Waals surface area contributed by atoms with E-state index in [4.69, 9.17) is 14.2 Å². The molecule has 2 heterocycles. The lowest BCUT2D eigenvalue weighted by atomic mass is 9.96. The smallest absolute Gasteiger partial charge is 0.305 e. The number of fused-ring (bicyclic) bond motifs is 1. The second kappa shape index (κ2) is 8.96. The van der Waals surface area contributed by atoms with E-state index in [0.29, 0.717) is 5.56 Å². The lowest BCUT2D eigenvalue weighted by molar-refractivity contribution is -0.290. The van der Waals surface area contributed by atoms with Gasteiger partial charge in [0.2, 0.25) is 18.2 Å². The molecule has 1 aromatic rings. The molecular formula is C22H25O11+. The fourth-order valence-electron chi connectivity index (χ4n) is 3.79. The van der Waals surface area contributed by atoms with Crippen LogP contribution >= 0.6 is 0 Å². The summed E-state index contributed by atoms with van der Waals surface area (Å²) in [5, 5.41) is 70.2. The van der Waals surface area contributed by atoms with E-state index in [1.807, 2.05) is 0 Å². The first kappa shape index (κ1) is 23.0. The molecule has 178 valence electrons. The highest BCUT2D eigenvalue weighted by atomic mass is 16.7. The van der Waals surface area contributed by atoms with Crippen molar-refractivity contribution in [3.8, 4) is 11.5 Å². The second-order valence-electron chi connectivity index (χ2n) is 7.71. The van der Waals surface area contributed by atoms with E-state index in [9.17, 15) is 35.7 Å². The lowest BCUT2D eigenvalue weighted by Gasteiger charge is -2.40. The van der Waals surface area contributed by atoms with Gasteiger partial charge in [-0.15, -0.1) is 0 Å². The number of phenols is 1. The lowest BCUT2D eigenvalue weighted by Crippen LogP contribution is -2.59. The molecule has 1 saturated heterocycles. The van der Waals surface area contributed by atoms with Crippen LogP contribution in [0.2, 0.25) is 0 Å². The van der Waals surface area contributed by atoms with Crippen molar-refractivity contribution in [1.29, 1.82) is 0 Å². The van der Waals surface area contributed by atoms with Crippen LogP contribution in [0.15, 0.2) is 59.3 Å². The molecule has 3 aliphatic rings. The van der Waals surface area contributed by atoms with E-state index >= 15 is 0 Å². The number of aliphatic hydroxyl groups excluding tert-OH is 6. The summed E-state index contributed by atoms with van der Waals surface area (Å²) < 4.78 is 20.8. The molecule has 1 fully saturated rings. The number of aliphatic hydroxyl groups is 8. The normalized spacial score (nSPS) is 31.6. The molecule has 0 spiro atoms. The van der Waals surface area contributed by atoms with Gasteiger partial charge >= 0.3 is 5.76 Å². The highest BCUT2D eigenvalue weighted by molar-refractivity contribution is 5.69. The molecule has 0 bridgehead atoms. The van der Waals surface area contributed by atoms with Crippen LogP contribution in [0.3, 0.4) is 0 Å². The zero-order valence-electron chi connectivity index (χ0n) is 17.4. The van der Waals surface area contributed by atoms with Crippen molar-refractivity contribution in [3.05, 3.63) is 64.8 Å². The third-order valence-corrected chi connectivity index (χ3v) is 5.56. The molecule has 11 nitrogen and oxygen atoms in total. The van der Waals surface area contributed by atoms with Crippen LogP contribution in [0.1, 0.15) is 5.56 Å². The van der Waals surface area contributed by atoms with E-state index in [0.717, 1.165) is 6.08 Å². The van der Waals surface area contributed by atoms with Gasteiger partial charge < -0.3 is 54.7 Å². The van der Waals surface area contributed by atoms with Crippen LogP contribution < -0.4 is 4.74 Å². The maximum absolute atomic E-state index is 10.4. The van der Waals surface area contributed by atoms with Crippen molar-refractivity contribution in [2.75, 3.05) is 13.7 Å². The Balaban J connectivity index is 1.76. The van der Waals surface area contributed by atoms with Crippen molar-refractivity contribution in [1.82, 2.24) is 0 Å². The zero-order valence-corrected chi connectivity index (χ0v) is 17.4. The standard InChI is InChI=1S/C22H24O11/c1-30-14-3-2-9(4-13(14)26)21-16(7-11-12(25)5-10(24)6-15(11)31-21)32-22-20(29)19(28)18(27)17(8-23)33-22/h2-7,15,17-20,22-29H,8H2,1H3/p+1/t15?,17-,18-,19+,20-,22-/m1/s1. The maximum Gasteiger partial charge on any atom is 0.305 e. The fourth-order valence-corrected chi connectivity index (χ4v) is 3.79. The molecule has 11 heteroatoms. The van der Waals surface area contributed by atoms with E-state index < -0.39 is 43.4 Å². The van der Waals surface area contributed by atoms with Gasteiger partial charge in [-0.2, -0.15) is 0 Å². The monoisotopic (exact) mass is 465 g/mol. The molecule has 6 atom stereocenters. The van der Waals surface area contributed by atoms with Crippen LogP contribution in [0.25, 0.3) is 5.76 Å². The summed E-state index contributed by atoms with van der Waals surface area (Å²) in [6, 6.07) is 4.47. The van der Waals surface area contributed by atoms with Gasteiger partial charge in [0.1, 0.15) is 35.9 Å². The molecule has 33 heavy (non-hydrogen) atoms. The summed E-state index contributed by atoms with van der Waals surface area (Å²) in [7, 11) is 1.40. The summed E-state index contributed by atoms with van der Waals surface area (Å²) in [5.41, 5.74) is 0.666. The zero-order chi connectivity index (χ0) is 23.9. The second-order valence-corrected chi connectivity index (χ2v) is 7.71. The third kappa shape index (κ3) is 4.24. The van der Waals surface area contributed by atoms with E-state index in [1.165, 1.54) is 31.4 Å². The number of hydrogen-bond donors (Lipinski definition) is 7. The summed E-state index contributed by atoms with van der Waals surface area (Å²) in [6.45, 7) is -0.635. The molecule has 4 rings (SSSR count). The van der Waals surface area contributed by atoms with Crippen LogP contribution in [0, 0.1) is 0 Å². The van der Waals surface area contributed by atoms with Gasteiger partial charge in [-0.3, -0.25) is 0 Å². The van der Waals surface area contributed by atoms with Crippen LogP contribution in [-0.2, 0) is 9.47 Å². The predicted molar refractivity (Wildman–Crippen MR) is 112 cm³/mol. The van der Waals surface area contributed by atoms with E-state index in [-0.39, 0.29) is 40.1 Å². The van der Waals surface area contributed by atoms with E-state index in [1.54, 1.807) is 6.07 Å². The average molecular weight is 465 g/mol. The van der Waals surface area contributed by atoms with Gasteiger partial charge in [0.05, 0.1) is 30.9 Å². The Labute approximate surface area is 188 Å². The molecular weight excluding hydrogens is 440 g/mol. The highest BCUT2D eigenvalue weighted by Gasteiger charge is 2.46. The minimum absolute atomic E-state index is 0.00452. The first-order valence-corrected chi connectivity index (χ1v) is 10.1. The third-order valence-electron chi connectivity index (χ3n) is 5.56. The van der Waals surface area contributed by atoms with E-state index in [2.05, 4.69) is 4.74 Å². The molecule has 0 aromatic heterocycles. The number of methoxy groups -OCH3 is 1. The number of rotatable bonds is 5. The number of hydrogen-bond acceptors (Lipinski definition) is 10. The van der Waals surface area contributed by atoms with Gasteiger partial charge in [-0.05, 0) is 12.1 Å². The molecule has 2 aliphatic heterocycles. The first-order chi connectivity index (χ1) is 15.7. The Morgan fingerprint density at radius 1 is 1.03 bits per heavy atom. The van der Waals surface area contributed by atoms with Gasteiger partial charge in [-0.25, -0.2) is 0 Å². The summed E-state index contributed by atoms with van der Waals surface area (Å²) in [6.07, 6.45) is -4.39. The Morgan fingerprint density at radius 2 is 1.79 bits per heavy atom. The van der Waals surface area contributed by atoms with Crippen LogP contribution in [0.5, 0.6) is 11.5 Å². The van der Waals surface area contributed by atoms with Crippen molar-refractivity contribution >= 4 is 5.76 Å². The molecule has 8 N–H and O–H groups in total. The maximum atomic E-state index is 10.4. The minimum Gasteiger partial charge on any atom is -0.571 e. The summed E-state index contributed by atoms with van der Waals surface area (Å²) in [5.74, 6) is -0.214. The van der Waals surface area contributed by atoms with Crippen LogP contribution in [-0.4, -0.2) is 91.0 Å². The van der Waals surface area contributed by atoms with Crippen molar-refractivity contribution in [2.24, 2.45) is 0 Å². The predicted octanol–water partition coefficient (Wildman–Crippen LogP) is -0.380. The number of aromatic hydroxyl groups is 1. The van der Waals surface area contributed by atoms with Crippen molar-refractivity contribution < 1.29 is 54.7 Å². The first-order valence-electron chi connectivity index (χ1n) is 10.1. The topological polar surface area (TPSA) is 182 Å². The van der Waals surface area contributed by atoms with Crippen molar-refractivity contribution in [2.45, 2.75) is 36.8 Å². The molecule has 1 aromatic carbocycles. The summed E-state index contributed by atoms with van der Waals surface area (Å²) >= 11 is 0. The fraction of sp³-hybridized carbons (Fsp3) is 0.364. The Morgan fingerprint density at radius 3 is 2.45 bits per heavy atom. The Kier molecular flexibility index (Phi) is 6.23. The Hall–Kier alpha value is -3.22. The average Bonchev–Trinajstić information content (AvgIpc) is 2.79. The number of allylic oxidation sites excluding steroid dienone is 2. The van der Waals surface area contributed by atoms with Crippen molar-refractivity contribution in [3.63, 3.8) is 0 Å². The number of benzene rings is 1. The highest BCUT2D eigenvalue weighted by Crippen LogP contribution is 2.38. The largest absolute Gasteiger partial charge is 0.571 e.